The molecule has 1 amide bonds. The van der Waals surface area contributed by atoms with Crippen LogP contribution in [0.15, 0.2) is 52.7 Å². The Morgan fingerprint density at radius 1 is 1.25 bits per heavy atom. The number of aromatic amines is 1. The molecule has 1 heterocycles. The zero-order valence-electron chi connectivity index (χ0n) is 12.9. The number of anilines is 1. The summed E-state index contributed by atoms with van der Waals surface area (Å²) in [7, 11) is 0. The highest BCUT2D eigenvalue weighted by molar-refractivity contribution is 6.31. The van der Waals surface area contributed by atoms with E-state index < -0.39 is 5.91 Å². The van der Waals surface area contributed by atoms with Crippen molar-refractivity contribution in [2.75, 3.05) is 11.9 Å². The third kappa shape index (κ3) is 3.55. The van der Waals surface area contributed by atoms with E-state index >= 15 is 0 Å². The molecule has 7 heteroatoms. The normalized spacial score (nSPS) is 11.2. The summed E-state index contributed by atoms with van der Waals surface area (Å²) in [6.45, 7) is 2.00. The molecule has 0 spiro atoms. The molecule has 1 aromatic heterocycles. The van der Waals surface area contributed by atoms with E-state index in [9.17, 15) is 9.90 Å². The lowest BCUT2D eigenvalue weighted by atomic mass is 10.2. The number of nitrogens with zero attached hydrogens (tertiary/aromatic N) is 2. The smallest absolute Gasteiger partial charge is 0.283 e. The van der Waals surface area contributed by atoms with Gasteiger partial charge in [-0.1, -0.05) is 29.3 Å². The van der Waals surface area contributed by atoms with Crippen LogP contribution in [0, 0.1) is 6.92 Å². The van der Waals surface area contributed by atoms with Gasteiger partial charge in [0, 0.05) is 16.1 Å². The number of H-pyrrole nitrogens is 1. The number of aryl methyl sites for hydroxylation is 1. The summed E-state index contributed by atoms with van der Waals surface area (Å²) in [6.07, 6.45) is 0. The molecule has 0 saturated heterocycles. The second kappa shape index (κ2) is 6.72. The molecule has 3 rings (SSSR count). The summed E-state index contributed by atoms with van der Waals surface area (Å²) in [5, 5.41) is 21.5. The quantitative estimate of drug-likeness (QED) is 0.607. The molecular formula is C17H15ClN4O2. The predicted molar refractivity (Wildman–Crippen MR) is 94.2 cm³/mol. The molecule has 0 bridgehead atoms. The molecule has 0 saturated carbocycles. The van der Waals surface area contributed by atoms with Crippen molar-refractivity contribution in [1.29, 1.82) is 0 Å². The summed E-state index contributed by atoms with van der Waals surface area (Å²) in [5.74, 6) is -0.610. The van der Waals surface area contributed by atoms with Crippen LogP contribution in [0.5, 0.6) is 5.88 Å². The predicted octanol–water partition coefficient (Wildman–Crippen LogP) is 4.56. The zero-order chi connectivity index (χ0) is 17.1. The molecule has 0 radical (unpaired) electrons. The van der Waals surface area contributed by atoms with Gasteiger partial charge in [-0.15, -0.1) is 10.2 Å². The fourth-order valence-electron chi connectivity index (χ4n) is 2.23. The summed E-state index contributed by atoms with van der Waals surface area (Å²) in [4.78, 5) is 14.6. The van der Waals surface area contributed by atoms with Gasteiger partial charge < -0.3 is 15.4 Å². The van der Waals surface area contributed by atoms with E-state index in [0.717, 1.165) is 11.3 Å². The minimum Gasteiger partial charge on any atom is -0.493 e. The van der Waals surface area contributed by atoms with Gasteiger partial charge >= 0.3 is 0 Å². The number of hydrogen-bond acceptors (Lipinski definition) is 4. The largest absolute Gasteiger partial charge is 0.493 e. The van der Waals surface area contributed by atoms with Gasteiger partial charge in [-0.2, -0.15) is 0 Å². The van der Waals surface area contributed by atoms with Crippen molar-refractivity contribution >= 4 is 39.8 Å². The summed E-state index contributed by atoms with van der Waals surface area (Å²) < 4.78 is 0. The first kappa shape index (κ1) is 16.0. The SMILES string of the molecule is Cc1ccc(NCC(=O)N=Nc2c(O)[nH]c3ccc(Cl)cc23)cc1. The lowest BCUT2D eigenvalue weighted by Crippen LogP contribution is -2.10. The molecule has 24 heavy (non-hydrogen) atoms. The molecule has 0 aliphatic rings. The number of halogens is 1. The fraction of sp³-hybridized carbons (Fsp3) is 0.118. The number of azo groups is 1. The first-order chi connectivity index (χ1) is 11.5. The van der Waals surface area contributed by atoms with Gasteiger partial charge in [0.25, 0.3) is 5.91 Å². The third-order valence-corrected chi connectivity index (χ3v) is 3.71. The maximum absolute atomic E-state index is 11.9. The number of carbonyl (C=O) groups is 1. The van der Waals surface area contributed by atoms with E-state index in [-0.39, 0.29) is 18.1 Å². The van der Waals surface area contributed by atoms with Crippen molar-refractivity contribution in [2.24, 2.45) is 10.2 Å². The standard InChI is InChI=1S/C17H15ClN4O2/c1-10-2-5-12(6-3-10)19-9-15(23)21-22-16-13-8-11(18)4-7-14(13)20-17(16)24/h2-8,19-20,24H,9H2,1H3. The molecule has 0 unspecified atom stereocenters. The Bertz CT molecular complexity index is 916. The Balaban J connectivity index is 1.71. The van der Waals surface area contributed by atoms with Crippen LogP contribution in [0.3, 0.4) is 0 Å². The maximum Gasteiger partial charge on any atom is 0.283 e. The van der Waals surface area contributed by atoms with Crippen LogP contribution in [0.25, 0.3) is 10.9 Å². The number of benzene rings is 2. The maximum atomic E-state index is 11.9. The van der Waals surface area contributed by atoms with E-state index in [0.29, 0.717) is 15.9 Å². The van der Waals surface area contributed by atoms with Crippen molar-refractivity contribution in [3.63, 3.8) is 0 Å². The second-order valence-electron chi connectivity index (χ2n) is 5.33. The lowest BCUT2D eigenvalue weighted by molar-refractivity contribution is -0.116. The third-order valence-electron chi connectivity index (χ3n) is 3.47. The van der Waals surface area contributed by atoms with Crippen molar-refractivity contribution in [3.05, 3.63) is 53.1 Å². The fourth-order valence-corrected chi connectivity index (χ4v) is 2.40. The van der Waals surface area contributed by atoms with E-state index in [1.54, 1.807) is 18.2 Å². The van der Waals surface area contributed by atoms with Gasteiger partial charge in [0.2, 0.25) is 5.88 Å². The van der Waals surface area contributed by atoms with Crippen LogP contribution in [-0.4, -0.2) is 22.5 Å². The average molecular weight is 343 g/mol. The molecule has 122 valence electrons. The van der Waals surface area contributed by atoms with Crippen LogP contribution in [0.2, 0.25) is 5.02 Å². The van der Waals surface area contributed by atoms with Crippen LogP contribution in [-0.2, 0) is 4.79 Å². The number of fused-ring (bicyclic) bond motifs is 1. The zero-order valence-corrected chi connectivity index (χ0v) is 13.6. The average Bonchev–Trinajstić information content (AvgIpc) is 2.87. The Kier molecular flexibility index (Phi) is 4.48. The van der Waals surface area contributed by atoms with E-state index in [4.69, 9.17) is 11.6 Å². The molecular weight excluding hydrogens is 328 g/mol. The van der Waals surface area contributed by atoms with Gasteiger partial charge in [-0.05, 0) is 37.3 Å². The first-order valence-corrected chi connectivity index (χ1v) is 7.66. The summed E-state index contributed by atoms with van der Waals surface area (Å²) in [6, 6.07) is 12.7. The number of hydrogen-bond donors (Lipinski definition) is 3. The van der Waals surface area contributed by atoms with Crippen LogP contribution < -0.4 is 5.32 Å². The van der Waals surface area contributed by atoms with E-state index in [2.05, 4.69) is 20.5 Å². The number of nitrogens with one attached hydrogen (secondary N) is 2. The minimum atomic E-state index is -0.452. The van der Waals surface area contributed by atoms with E-state index in [1.165, 1.54) is 0 Å². The molecule has 6 nitrogen and oxygen atoms in total. The first-order valence-electron chi connectivity index (χ1n) is 7.28. The Morgan fingerprint density at radius 2 is 2.00 bits per heavy atom. The van der Waals surface area contributed by atoms with Gasteiger partial charge in [0.15, 0.2) is 5.69 Å². The summed E-state index contributed by atoms with van der Waals surface area (Å²) >= 11 is 5.95. The summed E-state index contributed by atoms with van der Waals surface area (Å²) in [5.41, 5.74) is 2.82. The van der Waals surface area contributed by atoms with Gasteiger partial charge in [0.05, 0.1) is 12.1 Å². The highest BCUT2D eigenvalue weighted by Gasteiger charge is 2.11. The number of aromatic nitrogens is 1. The van der Waals surface area contributed by atoms with Crippen LogP contribution in [0.1, 0.15) is 5.56 Å². The number of amides is 1. The molecule has 0 atom stereocenters. The molecule has 0 aliphatic carbocycles. The van der Waals surface area contributed by atoms with Gasteiger partial charge in [0.1, 0.15) is 0 Å². The van der Waals surface area contributed by atoms with Crippen LogP contribution >= 0.6 is 11.6 Å². The van der Waals surface area contributed by atoms with Crippen molar-refractivity contribution in [3.8, 4) is 5.88 Å². The van der Waals surface area contributed by atoms with Gasteiger partial charge in [-0.3, -0.25) is 4.79 Å². The molecule has 0 fully saturated rings. The van der Waals surface area contributed by atoms with E-state index in [1.807, 2.05) is 31.2 Å². The Hall–Kier alpha value is -2.86. The molecule has 2 aromatic carbocycles. The highest BCUT2D eigenvalue weighted by Crippen LogP contribution is 2.36. The molecule has 3 aromatic rings. The number of aromatic hydroxyl groups is 1. The Labute approximate surface area is 143 Å². The second-order valence-corrected chi connectivity index (χ2v) is 5.76. The monoisotopic (exact) mass is 342 g/mol. The van der Waals surface area contributed by atoms with Crippen molar-refractivity contribution in [1.82, 2.24) is 4.98 Å². The molecule has 0 aliphatic heterocycles. The van der Waals surface area contributed by atoms with Crippen LogP contribution in [0.4, 0.5) is 11.4 Å². The minimum absolute atomic E-state index is 0.0104. The molecule has 3 N–H and O–H groups in total. The van der Waals surface area contributed by atoms with Crippen molar-refractivity contribution < 1.29 is 9.90 Å². The van der Waals surface area contributed by atoms with Crippen molar-refractivity contribution in [2.45, 2.75) is 6.92 Å². The highest BCUT2D eigenvalue weighted by atomic mass is 35.5. The van der Waals surface area contributed by atoms with Gasteiger partial charge in [-0.25, -0.2) is 0 Å². The topological polar surface area (TPSA) is 89.8 Å². The number of carbonyl (C=O) groups excluding carboxylic acids is 1. The Morgan fingerprint density at radius 3 is 2.75 bits per heavy atom. The lowest BCUT2D eigenvalue weighted by Gasteiger charge is -2.03. The number of rotatable bonds is 4.